The van der Waals surface area contributed by atoms with Gasteiger partial charge in [0.2, 0.25) is 0 Å². The summed E-state index contributed by atoms with van der Waals surface area (Å²) in [6.45, 7) is 5.85. The van der Waals surface area contributed by atoms with E-state index in [9.17, 15) is 9.59 Å². The summed E-state index contributed by atoms with van der Waals surface area (Å²) in [7, 11) is 1.53. The zero-order valence-corrected chi connectivity index (χ0v) is 11.9. The summed E-state index contributed by atoms with van der Waals surface area (Å²) in [5.41, 5.74) is 1.22. The normalized spacial score (nSPS) is 10.6. The fourth-order valence-electron chi connectivity index (χ4n) is 2.26. The van der Waals surface area contributed by atoms with Gasteiger partial charge in [-0.05, 0) is 26.0 Å². The van der Waals surface area contributed by atoms with Crippen molar-refractivity contribution >= 4 is 22.6 Å². The number of carbonyl (C=O) groups excluding carboxylic acids is 1. The van der Waals surface area contributed by atoms with Crippen molar-refractivity contribution < 1.29 is 9.21 Å². The number of carbonyl (C=O) groups is 1. The Morgan fingerprint density at radius 1 is 1.25 bits per heavy atom. The van der Waals surface area contributed by atoms with Crippen LogP contribution in [0, 0.1) is 0 Å². The van der Waals surface area contributed by atoms with Crippen LogP contribution in [0.25, 0.3) is 11.0 Å². The van der Waals surface area contributed by atoms with Crippen LogP contribution < -0.4 is 15.8 Å². The van der Waals surface area contributed by atoms with Crippen molar-refractivity contribution in [2.75, 3.05) is 25.0 Å². The highest BCUT2D eigenvalue weighted by atomic mass is 16.4. The van der Waals surface area contributed by atoms with Gasteiger partial charge in [-0.3, -0.25) is 4.79 Å². The molecular weight excluding hydrogens is 256 g/mol. The van der Waals surface area contributed by atoms with Crippen molar-refractivity contribution in [1.29, 1.82) is 0 Å². The van der Waals surface area contributed by atoms with Crippen LogP contribution in [-0.2, 0) is 0 Å². The van der Waals surface area contributed by atoms with Gasteiger partial charge in [-0.2, -0.15) is 0 Å². The number of nitrogens with one attached hydrogen (secondary N) is 1. The van der Waals surface area contributed by atoms with Crippen molar-refractivity contribution in [3.63, 3.8) is 0 Å². The van der Waals surface area contributed by atoms with E-state index in [1.807, 2.05) is 12.1 Å². The van der Waals surface area contributed by atoms with Crippen LogP contribution in [-0.4, -0.2) is 26.0 Å². The van der Waals surface area contributed by atoms with Crippen LogP contribution in [0.2, 0.25) is 0 Å². The van der Waals surface area contributed by atoms with E-state index >= 15 is 0 Å². The average Bonchev–Trinajstić information content (AvgIpc) is 2.46. The van der Waals surface area contributed by atoms with Crippen molar-refractivity contribution in [2.24, 2.45) is 0 Å². The molecule has 0 bridgehead atoms. The maximum atomic E-state index is 11.8. The molecule has 0 saturated heterocycles. The number of hydrogen-bond acceptors (Lipinski definition) is 4. The second kappa shape index (κ2) is 5.77. The van der Waals surface area contributed by atoms with Crippen LogP contribution in [0.5, 0.6) is 0 Å². The number of nitrogens with zero attached hydrogens (tertiary/aromatic N) is 1. The smallest absolute Gasteiger partial charge is 0.337 e. The Morgan fingerprint density at radius 2 is 1.95 bits per heavy atom. The van der Waals surface area contributed by atoms with Crippen LogP contribution in [0.4, 0.5) is 5.69 Å². The lowest BCUT2D eigenvalue weighted by Crippen LogP contribution is -2.22. The van der Waals surface area contributed by atoms with Gasteiger partial charge in [0.15, 0.2) is 0 Å². The van der Waals surface area contributed by atoms with Crippen LogP contribution in [0.1, 0.15) is 24.2 Å². The summed E-state index contributed by atoms with van der Waals surface area (Å²) >= 11 is 0. The first-order valence-corrected chi connectivity index (χ1v) is 6.65. The van der Waals surface area contributed by atoms with Crippen LogP contribution >= 0.6 is 0 Å². The summed E-state index contributed by atoms with van der Waals surface area (Å²) in [6.07, 6.45) is 0. The molecule has 0 unspecified atom stereocenters. The zero-order valence-electron chi connectivity index (χ0n) is 11.9. The van der Waals surface area contributed by atoms with Gasteiger partial charge >= 0.3 is 5.63 Å². The van der Waals surface area contributed by atoms with E-state index in [0.29, 0.717) is 16.5 Å². The minimum absolute atomic E-state index is 0.293. The Kier molecular flexibility index (Phi) is 4.08. The van der Waals surface area contributed by atoms with Gasteiger partial charge in [-0.15, -0.1) is 0 Å². The third-order valence-electron chi connectivity index (χ3n) is 3.33. The highest BCUT2D eigenvalue weighted by Gasteiger charge is 2.13. The maximum absolute atomic E-state index is 11.8. The summed E-state index contributed by atoms with van der Waals surface area (Å²) < 4.78 is 5.21. The Bertz CT molecular complexity index is 687. The molecule has 0 spiro atoms. The predicted molar refractivity (Wildman–Crippen MR) is 79.4 cm³/mol. The monoisotopic (exact) mass is 274 g/mol. The SMILES string of the molecule is CCN(CC)c1ccc2c(C(=O)NC)cc(=O)oc2c1. The average molecular weight is 274 g/mol. The molecule has 0 radical (unpaired) electrons. The minimum atomic E-state index is -0.521. The number of amides is 1. The van der Waals surface area contributed by atoms with Gasteiger partial charge in [0.1, 0.15) is 5.58 Å². The van der Waals surface area contributed by atoms with E-state index in [0.717, 1.165) is 18.8 Å². The second-order valence-corrected chi connectivity index (χ2v) is 4.41. The summed E-state index contributed by atoms with van der Waals surface area (Å²) in [4.78, 5) is 25.5. The van der Waals surface area contributed by atoms with Crippen molar-refractivity contribution in [2.45, 2.75) is 13.8 Å². The molecule has 0 aliphatic rings. The topological polar surface area (TPSA) is 62.6 Å². The van der Waals surface area contributed by atoms with E-state index in [-0.39, 0.29) is 5.91 Å². The van der Waals surface area contributed by atoms with Crippen molar-refractivity contribution in [3.05, 3.63) is 40.2 Å². The minimum Gasteiger partial charge on any atom is -0.423 e. The van der Waals surface area contributed by atoms with Crippen LogP contribution in [0.3, 0.4) is 0 Å². The molecule has 0 fully saturated rings. The molecule has 106 valence electrons. The lowest BCUT2D eigenvalue weighted by atomic mass is 10.1. The third-order valence-corrected chi connectivity index (χ3v) is 3.33. The van der Waals surface area contributed by atoms with Gasteiger partial charge in [0.05, 0.1) is 5.56 Å². The molecule has 20 heavy (non-hydrogen) atoms. The Balaban J connectivity index is 2.64. The Morgan fingerprint density at radius 3 is 2.55 bits per heavy atom. The number of hydrogen-bond donors (Lipinski definition) is 1. The highest BCUT2D eigenvalue weighted by molar-refractivity contribution is 6.05. The molecule has 1 aromatic heterocycles. The molecule has 1 heterocycles. The van der Waals surface area contributed by atoms with E-state index in [1.165, 1.54) is 13.1 Å². The highest BCUT2D eigenvalue weighted by Crippen LogP contribution is 2.23. The number of fused-ring (bicyclic) bond motifs is 1. The first-order chi connectivity index (χ1) is 9.60. The van der Waals surface area contributed by atoms with Gasteiger partial charge < -0.3 is 14.6 Å². The fraction of sp³-hybridized carbons (Fsp3) is 0.333. The number of benzene rings is 1. The number of rotatable bonds is 4. The molecule has 0 aliphatic carbocycles. The molecule has 0 aliphatic heterocycles. The zero-order chi connectivity index (χ0) is 14.7. The van der Waals surface area contributed by atoms with Crippen molar-refractivity contribution in [3.8, 4) is 0 Å². The molecule has 2 rings (SSSR count). The largest absolute Gasteiger partial charge is 0.423 e. The first kappa shape index (κ1) is 14.1. The van der Waals surface area contributed by atoms with E-state index in [4.69, 9.17) is 4.42 Å². The molecule has 5 heteroatoms. The standard InChI is InChI=1S/C15H18N2O3/c1-4-17(5-2)10-6-7-11-12(15(19)16-3)9-14(18)20-13(11)8-10/h6-9H,4-5H2,1-3H3,(H,16,19). The fourth-order valence-corrected chi connectivity index (χ4v) is 2.26. The van der Waals surface area contributed by atoms with E-state index in [1.54, 1.807) is 6.07 Å². The second-order valence-electron chi connectivity index (χ2n) is 4.41. The third kappa shape index (κ3) is 2.52. The van der Waals surface area contributed by atoms with Gasteiger partial charge in [-0.1, -0.05) is 0 Å². The molecule has 1 aromatic carbocycles. The Hall–Kier alpha value is -2.30. The molecule has 5 nitrogen and oxygen atoms in total. The summed E-state index contributed by atoms with van der Waals surface area (Å²) in [5, 5.41) is 3.17. The summed E-state index contributed by atoms with van der Waals surface area (Å²) in [6, 6.07) is 6.77. The van der Waals surface area contributed by atoms with Gasteiger partial charge in [0, 0.05) is 43.3 Å². The van der Waals surface area contributed by atoms with Crippen molar-refractivity contribution in [1.82, 2.24) is 5.32 Å². The molecule has 2 aromatic rings. The summed E-state index contributed by atoms with van der Waals surface area (Å²) in [5.74, 6) is -0.293. The molecular formula is C15H18N2O3. The molecule has 0 atom stereocenters. The molecule has 0 saturated carbocycles. The Labute approximate surface area is 117 Å². The number of anilines is 1. The predicted octanol–water partition coefficient (Wildman–Crippen LogP) is 2.00. The first-order valence-electron chi connectivity index (χ1n) is 6.65. The quantitative estimate of drug-likeness (QED) is 0.866. The van der Waals surface area contributed by atoms with Gasteiger partial charge in [0.25, 0.3) is 5.91 Å². The lowest BCUT2D eigenvalue weighted by molar-refractivity contribution is 0.0964. The molecule has 1 amide bonds. The lowest BCUT2D eigenvalue weighted by Gasteiger charge is -2.21. The maximum Gasteiger partial charge on any atom is 0.337 e. The van der Waals surface area contributed by atoms with E-state index < -0.39 is 5.63 Å². The van der Waals surface area contributed by atoms with Crippen LogP contribution in [0.15, 0.2) is 33.5 Å². The molecule has 1 N–H and O–H groups in total. The van der Waals surface area contributed by atoms with Gasteiger partial charge in [-0.25, -0.2) is 4.79 Å². The van der Waals surface area contributed by atoms with E-state index in [2.05, 4.69) is 24.1 Å².